The fourth-order valence-electron chi connectivity index (χ4n) is 2.73. The molecule has 2 heterocycles. The number of amides is 1. The molecule has 1 fully saturated rings. The number of nitro groups is 1. The largest absolute Gasteiger partial charge is 0.333 e. The summed E-state index contributed by atoms with van der Waals surface area (Å²) in [6, 6.07) is 4.61. The fourth-order valence-corrected chi connectivity index (χ4v) is 2.73. The summed E-state index contributed by atoms with van der Waals surface area (Å²) in [4.78, 5) is 29.2. The van der Waals surface area contributed by atoms with Gasteiger partial charge >= 0.3 is 0 Å². The van der Waals surface area contributed by atoms with E-state index < -0.39 is 4.92 Å². The second-order valence-corrected chi connectivity index (χ2v) is 5.48. The lowest BCUT2D eigenvalue weighted by Crippen LogP contribution is -2.52. The molecule has 0 aliphatic carbocycles. The molecule has 0 saturated carbocycles. The molecule has 1 saturated heterocycles. The zero-order valence-corrected chi connectivity index (χ0v) is 15.1. The van der Waals surface area contributed by atoms with Crippen LogP contribution in [0.4, 0.5) is 5.69 Å². The van der Waals surface area contributed by atoms with Crippen LogP contribution < -0.4 is 5.32 Å². The molecule has 0 unspecified atom stereocenters. The van der Waals surface area contributed by atoms with Crippen molar-refractivity contribution < 1.29 is 9.72 Å². The predicted octanol–water partition coefficient (Wildman–Crippen LogP) is 2.06. The maximum atomic E-state index is 12.6. The highest BCUT2D eigenvalue weighted by Gasteiger charge is 2.26. The van der Waals surface area contributed by atoms with Gasteiger partial charge in [-0.05, 0) is 19.1 Å². The molecule has 10 heteroatoms. The zero-order chi connectivity index (χ0) is 16.4. The molecule has 0 spiro atoms. The first-order chi connectivity index (χ1) is 11.1. The van der Waals surface area contributed by atoms with Gasteiger partial charge in [0.05, 0.1) is 11.3 Å². The molecule has 1 amide bonds. The van der Waals surface area contributed by atoms with Crippen molar-refractivity contribution in [1.82, 2.24) is 19.8 Å². The first-order valence-corrected chi connectivity index (χ1v) is 7.36. The SMILES string of the molecule is C[C@H]1CNCCN1C(=O)c1ccc(-n2ccnc2)c([N+](=O)[O-])c1.Cl.Cl. The molecule has 8 nitrogen and oxygen atoms in total. The van der Waals surface area contributed by atoms with E-state index in [1.807, 2.05) is 6.92 Å². The van der Waals surface area contributed by atoms with Crippen molar-refractivity contribution in [2.45, 2.75) is 13.0 Å². The molecule has 136 valence electrons. The van der Waals surface area contributed by atoms with Gasteiger partial charge in [-0.2, -0.15) is 0 Å². The lowest BCUT2D eigenvalue weighted by atomic mass is 10.1. The topological polar surface area (TPSA) is 93.3 Å². The second kappa shape index (κ2) is 8.80. The number of nitrogens with one attached hydrogen (secondary N) is 1. The number of aromatic nitrogens is 2. The van der Waals surface area contributed by atoms with Crippen LogP contribution in [0.5, 0.6) is 0 Å². The molecule has 25 heavy (non-hydrogen) atoms. The number of halogens is 2. The normalized spacial score (nSPS) is 16.5. The van der Waals surface area contributed by atoms with Crippen LogP contribution in [0.25, 0.3) is 5.69 Å². The smallest absolute Gasteiger partial charge is 0.294 e. The van der Waals surface area contributed by atoms with Crippen molar-refractivity contribution in [3.8, 4) is 5.69 Å². The van der Waals surface area contributed by atoms with Crippen LogP contribution >= 0.6 is 24.8 Å². The van der Waals surface area contributed by atoms with Gasteiger partial charge in [-0.25, -0.2) is 4.98 Å². The number of carbonyl (C=O) groups excluding carboxylic acids is 1. The van der Waals surface area contributed by atoms with Gasteiger partial charge in [0, 0.05) is 49.7 Å². The van der Waals surface area contributed by atoms with Crippen molar-refractivity contribution in [1.29, 1.82) is 0 Å². The standard InChI is InChI=1S/C15H17N5O3.2ClH/c1-11-9-16-5-7-19(11)15(21)12-2-3-13(14(8-12)20(22)23)18-6-4-17-10-18;;/h2-4,6,8,10-11,16H,5,7,9H2,1H3;2*1H/t11-;;/m0../s1. The van der Waals surface area contributed by atoms with Crippen molar-refractivity contribution in [2.24, 2.45) is 0 Å². The minimum atomic E-state index is -0.479. The summed E-state index contributed by atoms with van der Waals surface area (Å²) < 4.78 is 1.56. The first-order valence-electron chi connectivity index (χ1n) is 7.36. The number of imidazole rings is 1. The number of rotatable bonds is 3. The molecule has 1 N–H and O–H groups in total. The summed E-state index contributed by atoms with van der Waals surface area (Å²) in [5.41, 5.74) is 0.600. The second-order valence-electron chi connectivity index (χ2n) is 5.48. The zero-order valence-electron chi connectivity index (χ0n) is 13.5. The maximum Gasteiger partial charge on any atom is 0.294 e. The van der Waals surface area contributed by atoms with E-state index in [4.69, 9.17) is 0 Å². The van der Waals surface area contributed by atoms with Gasteiger partial charge in [0.1, 0.15) is 5.69 Å². The molecule has 0 radical (unpaired) electrons. The first kappa shape index (κ1) is 20.9. The number of piperazine rings is 1. The number of benzene rings is 1. The van der Waals surface area contributed by atoms with Crippen molar-refractivity contribution in [2.75, 3.05) is 19.6 Å². The van der Waals surface area contributed by atoms with Crippen molar-refractivity contribution in [3.63, 3.8) is 0 Å². The molecular formula is C15H19Cl2N5O3. The molecule has 1 aromatic heterocycles. The van der Waals surface area contributed by atoms with Crippen LogP contribution in [0, 0.1) is 10.1 Å². The molecular weight excluding hydrogens is 369 g/mol. The third-order valence-electron chi connectivity index (χ3n) is 3.96. The molecule has 1 aliphatic rings. The van der Waals surface area contributed by atoms with Crippen molar-refractivity contribution >= 4 is 36.4 Å². The quantitative estimate of drug-likeness (QED) is 0.642. The van der Waals surface area contributed by atoms with E-state index in [1.165, 1.54) is 12.4 Å². The van der Waals surface area contributed by atoms with Gasteiger partial charge in [0.25, 0.3) is 11.6 Å². The molecule has 2 aromatic rings. The van der Waals surface area contributed by atoms with Gasteiger partial charge in [-0.3, -0.25) is 14.9 Å². The highest BCUT2D eigenvalue weighted by molar-refractivity contribution is 5.95. The minimum Gasteiger partial charge on any atom is -0.333 e. The Morgan fingerprint density at radius 2 is 2.16 bits per heavy atom. The van der Waals surface area contributed by atoms with Crippen LogP contribution in [0.1, 0.15) is 17.3 Å². The maximum absolute atomic E-state index is 12.6. The molecule has 1 aliphatic heterocycles. The van der Waals surface area contributed by atoms with Gasteiger partial charge in [-0.15, -0.1) is 24.8 Å². The summed E-state index contributed by atoms with van der Waals surface area (Å²) in [7, 11) is 0. The Labute approximate surface area is 157 Å². The molecule has 1 aromatic carbocycles. The lowest BCUT2D eigenvalue weighted by Gasteiger charge is -2.34. The summed E-state index contributed by atoms with van der Waals surface area (Å²) in [6.07, 6.45) is 4.66. The highest BCUT2D eigenvalue weighted by Crippen LogP contribution is 2.25. The van der Waals surface area contributed by atoms with Crippen LogP contribution in [0.2, 0.25) is 0 Å². The van der Waals surface area contributed by atoms with Crippen LogP contribution in [0.15, 0.2) is 36.9 Å². The van der Waals surface area contributed by atoms with E-state index in [-0.39, 0.29) is 42.5 Å². The Kier molecular flexibility index (Phi) is 7.35. The Morgan fingerprint density at radius 3 is 2.76 bits per heavy atom. The van der Waals surface area contributed by atoms with E-state index in [0.717, 1.165) is 13.1 Å². The summed E-state index contributed by atoms with van der Waals surface area (Å²) >= 11 is 0. The van der Waals surface area contributed by atoms with E-state index in [0.29, 0.717) is 17.8 Å². The summed E-state index contributed by atoms with van der Waals surface area (Å²) in [6.45, 7) is 4.00. The van der Waals surface area contributed by atoms with Gasteiger partial charge in [-0.1, -0.05) is 0 Å². The number of nitro benzene ring substituents is 1. The van der Waals surface area contributed by atoms with E-state index >= 15 is 0 Å². The third-order valence-corrected chi connectivity index (χ3v) is 3.96. The molecule has 3 rings (SSSR count). The number of carbonyl (C=O) groups is 1. The Bertz CT molecular complexity index is 739. The Hall–Kier alpha value is -2.16. The minimum absolute atomic E-state index is 0. The fraction of sp³-hybridized carbons (Fsp3) is 0.333. The number of nitrogens with zero attached hydrogens (tertiary/aromatic N) is 4. The Morgan fingerprint density at radius 1 is 1.40 bits per heavy atom. The average Bonchev–Trinajstić information content (AvgIpc) is 3.08. The van der Waals surface area contributed by atoms with E-state index in [9.17, 15) is 14.9 Å². The van der Waals surface area contributed by atoms with Crippen LogP contribution in [0.3, 0.4) is 0 Å². The van der Waals surface area contributed by atoms with Gasteiger partial charge in [0.15, 0.2) is 0 Å². The molecule has 1 atom stereocenters. The van der Waals surface area contributed by atoms with Gasteiger partial charge in [0.2, 0.25) is 0 Å². The summed E-state index contributed by atoms with van der Waals surface area (Å²) in [5.74, 6) is -0.181. The predicted molar refractivity (Wildman–Crippen MR) is 98.1 cm³/mol. The summed E-state index contributed by atoms with van der Waals surface area (Å²) in [5, 5.41) is 14.6. The van der Waals surface area contributed by atoms with E-state index in [1.54, 1.807) is 34.0 Å². The van der Waals surface area contributed by atoms with Gasteiger partial charge < -0.3 is 14.8 Å². The van der Waals surface area contributed by atoms with Crippen LogP contribution in [-0.2, 0) is 0 Å². The van der Waals surface area contributed by atoms with Crippen LogP contribution in [-0.4, -0.2) is 51.0 Å². The highest BCUT2D eigenvalue weighted by atomic mass is 35.5. The van der Waals surface area contributed by atoms with E-state index in [2.05, 4.69) is 10.3 Å². The number of hydrogen-bond donors (Lipinski definition) is 1. The number of hydrogen-bond acceptors (Lipinski definition) is 5. The monoisotopic (exact) mass is 387 g/mol. The molecule has 0 bridgehead atoms. The third kappa shape index (κ3) is 4.28. The Balaban J connectivity index is 0.00000156. The van der Waals surface area contributed by atoms with Crippen molar-refractivity contribution in [3.05, 3.63) is 52.6 Å². The average molecular weight is 388 g/mol. The lowest BCUT2D eigenvalue weighted by molar-refractivity contribution is -0.384.